The minimum Gasteiger partial charge on any atom is -0.394 e. The molecular formula is C39H60N9O13P. The van der Waals surface area contributed by atoms with Crippen LogP contribution in [0.25, 0.3) is 0 Å². The molecule has 1 aliphatic heterocycles. The summed E-state index contributed by atoms with van der Waals surface area (Å²) < 4.78 is 21.4. The Hall–Kier alpha value is -5.25. The van der Waals surface area contributed by atoms with E-state index in [0.29, 0.717) is 12.1 Å². The molecule has 1 aromatic heterocycles. The van der Waals surface area contributed by atoms with Crippen LogP contribution in [-0.2, 0) is 60.3 Å². The number of aromatic nitrogens is 2. The van der Waals surface area contributed by atoms with E-state index >= 15 is 0 Å². The lowest BCUT2D eigenvalue weighted by Gasteiger charge is -2.28. The second kappa shape index (κ2) is 25.0. The van der Waals surface area contributed by atoms with Crippen molar-refractivity contribution in [3.8, 4) is 0 Å². The van der Waals surface area contributed by atoms with E-state index in [1.165, 1.54) is 17.4 Å². The predicted molar refractivity (Wildman–Crippen MR) is 222 cm³/mol. The second-order valence-corrected chi connectivity index (χ2v) is 16.7. The highest BCUT2D eigenvalue weighted by molar-refractivity contribution is 7.46. The van der Waals surface area contributed by atoms with E-state index in [1.807, 2.05) is 58.0 Å². The average molecular weight is 894 g/mol. The number of phosphoric acid groups is 1. The molecule has 0 spiro atoms. The Bertz CT molecular complexity index is 1850. The number of hydrogen-bond acceptors (Lipinski definition) is 13. The van der Waals surface area contributed by atoms with E-state index < -0.39 is 86.4 Å². The minimum absolute atomic E-state index is 0.00836. The molecule has 344 valence electrons. The summed E-state index contributed by atoms with van der Waals surface area (Å²) in [6.07, 6.45) is 3.27. The number of hydrogen-bond donors (Lipinski definition) is 9. The van der Waals surface area contributed by atoms with Crippen molar-refractivity contribution in [3.63, 3.8) is 0 Å². The summed E-state index contributed by atoms with van der Waals surface area (Å²) in [7, 11) is -5.12. The number of carbonyl (C=O) groups is 6. The van der Waals surface area contributed by atoms with Crippen LogP contribution >= 0.6 is 7.82 Å². The van der Waals surface area contributed by atoms with Crippen LogP contribution < -0.4 is 27.0 Å². The molecule has 1 fully saturated rings. The van der Waals surface area contributed by atoms with Crippen LogP contribution in [0.4, 0.5) is 0 Å². The van der Waals surface area contributed by atoms with E-state index in [1.54, 1.807) is 6.21 Å². The number of amides is 6. The largest absolute Gasteiger partial charge is 0.469 e. The van der Waals surface area contributed by atoms with Gasteiger partial charge < -0.3 is 61.4 Å². The number of aryl methyl sites for hydroxylation is 1. The molecule has 23 heteroatoms. The number of nitrogens with two attached hydrogens (primary N) is 1. The van der Waals surface area contributed by atoms with Crippen LogP contribution in [0.5, 0.6) is 0 Å². The molecule has 10 N–H and O–H groups in total. The molecular weight excluding hydrogens is 833 g/mol. The fraction of sp³-hybridized carbons (Fsp3) is 0.590. The normalized spacial score (nSPS) is 17.9. The van der Waals surface area contributed by atoms with Crippen LogP contribution in [0.2, 0.25) is 0 Å². The molecule has 2 heterocycles. The van der Waals surface area contributed by atoms with Crippen LogP contribution in [-0.4, -0.2) is 140 Å². The Kier molecular flexibility index (Phi) is 20.6. The molecule has 0 bridgehead atoms. The Morgan fingerprint density at radius 2 is 1.65 bits per heavy atom. The minimum atomic E-state index is -5.12. The number of benzene rings is 1. The molecule has 0 saturated carbocycles. The molecule has 0 aliphatic carbocycles. The van der Waals surface area contributed by atoms with Crippen LogP contribution in [0.15, 0.2) is 48.0 Å². The van der Waals surface area contributed by atoms with Crippen molar-refractivity contribution < 1.29 is 62.3 Å². The van der Waals surface area contributed by atoms with Crippen molar-refractivity contribution in [3.05, 3.63) is 54.1 Å². The number of ether oxygens (including phenoxy) is 1. The third-order valence-corrected chi connectivity index (χ3v) is 10.1. The number of carbonyl (C=O) groups excluding carboxylic acids is 6. The summed E-state index contributed by atoms with van der Waals surface area (Å²) in [5.41, 5.74) is 6.82. The number of nitrogens with one attached hydrogen (secondary N) is 5. The molecule has 3 rings (SSSR count). The number of primary amides is 1. The van der Waals surface area contributed by atoms with Gasteiger partial charge >= 0.3 is 7.82 Å². The van der Waals surface area contributed by atoms with Gasteiger partial charge in [-0.15, -0.1) is 0 Å². The molecule has 22 nitrogen and oxygen atoms in total. The van der Waals surface area contributed by atoms with E-state index in [4.69, 9.17) is 25.1 Å². The first-order valence-corrected chi connectivity index (χ1v) is 21.8. The summed E-state index contributed by atoms with van der Waals surface area (Å²) >= 11 is 0. The van der Waals surface area contributed by atoms with Gasteiger partial charge in [0.15, 0.2) is 0 Å². The number of aliphatic hydroxyl groups excluding tert-OH is 1. The van der Waals surface area contributed by atoms with Gasteiger partial charge in [0.25, 0.3) is 0 Å². The van der Waals surface area contributed by atoms with Crippen LogP contribution in [0.3, 0.4) is 0 Å². The fourth-order valence-corrected chi connectivity index (χ4v) is 7.02. The lowest BCUT2D eigenvalue weighted by atomic mass is 10.0. The van der Waals surface area contributed by atoms with Gasteiger partial charge in [-0.25, -0.2) is 9.55 Å². The van der Waals surface area contributed by atoms with Crippen molar-refractivity contribution in [1.29, 1.82) is 0 Å². The zero-order chi connectivity index (χ0) is 46.0. The molecule has 62 heavy (non-hydrogen) atoms. The molecule has 6 amide bonds. The molecule has 1 saturated heterocycles. The maximum absolute atomic E-state index is 14.1. The van der Waals surface area contributed by atoms with Gasteiger partial charge in [-0.3, -0.25) is 33.3 Å². The van der Waals surface area contributed by atoms with Crippen molar-refractivity contribution in [2.75, 3.05) is 19.8 Å². The predicted octanol–water partition coefficient (Wildman–Crippen LogP) is -0.667. The lowest BCUT2D eigenvalue weighted by molar-refractivity contribution is -0.140. The monoisotopic (exact) mass is 893 g/mol. The number of imidazole rings is 1. The van der Waals surface area contributed by atoms with E-state index in [9.17, 15) is 38.4 Å². The number of aliphatic hydroxyl groups is 1. The number of nitrogens with zero attached hydrogens (tertiary/aromatic N) is 3. The number of oxime groups is 1. The summed E-state index contributed by atoms with van der Waals surface area (Å²) in [5, 5.41) is 23.9. The smallest absolute Gasteiger partial charge is 0.394 e. The van der Waals surface area contributed by atoms with Gasteiger partial charge in [0, 0.05) is 30.9 Å². The Morgan fingerprint density at radius 1 is 0.984 bits per heavy atom. The molecule has 1 aromatic carbocycles. The van der Waals surface area contributed by atoms with Gasteiger partial charge in [0.1, 0.15) is 36.3 Å². The van der Waals surface area contributed by atoms with Crippen molar-refractivity contribution in [2.45, 2.75) is 122 Å². The molecule has 1 unspecified atom stereocenters. The zero-order valence-electron chi connectivity index (χ0n) is 35.5. The highest BCUT2D eigenvalue weighted by Gasteiger charge is 2.42. The highest BCUT2D eigenvalue weighted by Crippen LogP contribution is 2.38. The first kappa shape index (κ1) is 51.1. The van der Waals surface area contributed by atoms with Crippen LogP contribution in [0, 0.1) is 5.92 Å². The topological polar surface area (TPSA) is 326 Å². The lowest BCUT2D eigenvalue weighted by Crippen LogP contribution is -2.61. The standard InChI is InChI=1S/C39H60N9O13P/c1-23(2)16-29(45-39(55)32-18-28(20-48(32)33(50)13-15-59-24(3)4)60-43-14-9-12-26-10-7-6-8-11-26)36(52)44-30(17-27-19-41-22-42-27)37(53)46-31(21-49)38(54)47-34(35(40)51)25(5)61-62(56,57)58/h6-8,10-11,14,19,22-25,28-32,34,49H,9,12-13,15-18,20-21H2,1-5H3,(H2,40,51)(H,41,42)(H,44,52)(H,45,55)(H,46,53)(H,47,54)(H2,56,57,58)/b43-14-/t25?,28-,29+,30+,31+,32+,34+/m1/s1. The van der Waals surface area contributed by atoms with Gasteiger partial charge in [0.05, 0.1) is 44.7 Å². The van der Waals surface area contributed by atoms with Gasteiger partial charge in [-0.2, -0.15) is 0 Å². The Morgan fingerprint density at radius 3 is 2.24 bits per heavy atom. The molecule has 7 atom stereocenters. The van der Waals surface area contributed by atoms with E-state index in [2.05, 4.69) is 40.9 Å². The number of H-pyrrole nitrogens is 1. The zero-order valence-corrected chi connectivity index (χ0v) is 36.4. The second-order valence-electron chi connectivity index (χ2n) is 15.5. The summed E-state index contributed by atoms with van der Waals surface area (Å²) in [6, 6.07) is 2.58. The van der Waals surface area contributed by atoms with Crippen molar-refractivity contribution >= 4 is 49.5 Å². The summed E-state index contributed by atoms with van der Waals surface area (Å²) in [6.45, 7) is 7.52. The maximum Gasteiger partial charge on any atom is 0.469 e. The number of rotatable bonds is 26. The summed E-state index contributed by atoms with van der Waals surface area (Å²) in [4.78, 5) is 113. The first-order chi connectivity index (χ1) is 29.3. The molecule has 1 aliphatic rings. The quantitative estimate of drug-likeness (QED) is 0.0322. The van der Waals surface area contributed by atoms with Crippen molar-refractivity contribution in [2.24, 2.45) is 16.8 Å². The SMILES string of the molecule is CC(C)C[C@H](NC(=O)[C@@H]1C[C@@H](O/N=C\CCc2ccccc2)CN1C(=O)CCOC(C)C)C(=O)N[C@@H](Cc1cnc[nH]1)C(=O)N[C@@H](CO)C(=O)N[C@H](C(N)=O)C(C)OP(=O)(O)O. The summed E-state index contributed by atoms with van der Waals surface area (Å²) in [5.74, 6) is -5.33. The number of aromatic amines is 1. The van der Waals surface area contributed by atoms with Crippen LogP contribution in [0.1, 0.15) is 71.6 Å². The first-order valence-electron chi connectivity index (χ1n) is 20.2. The Labute approximate surface area is 359 Å². The molecule has 0 radical (unpaired) electrons. The van der Waals surface area contributed by atoms with Gasteiger partial charge in [-0.05, 0) is 51.5 Å². The maximum atomic E-state index is 14.1. The Balaban J connectivity index is 1.78. The highest BCUT2D eigenvalue weighted by atomic mass is 31.2. The van der Waals surface area contributed by atoms with E-state index in [0.717, 1.165) is 18.9 Å². The van der Waals surface area contributed by atoms with E-state index in [-0.39, 0.29) is 56.8 Å². The third kappa shape index (κ3) is 17.6. The van der Waals surface area contributed by atoms with Gasteiger partial charge in [0.2, 0.25) is 35.4 Å². The van der Waals surface area contributed by atoms with Crippen molar-refractivity contribution in [1.82, 2.24) is 36.1 Å². The number of likely N-dealkylation sites (tertiary alicyclic amines) is 1. The van der Waals surface area contributed by atoms with Gasteiger partial charge in [-0.1, -0.05) is 49.3 Å². The number of phosphoric ester groups is 1. The average Bonchev–Trinajstić information content (AvgIpc) is 3.88. The fourth-order valence-electron chi connectivity index (χ4n) is 6.47. The third-order valence-electron chi connectivity index (χ3n) is 9.49. The molecule has 2 aromatic rings.